The number of benzene rings is 1. The van der Waals surface area contributed by atoms with Crippen molar-refractivity contribution in [3.8, 4) is 0 Å². The molecule has 0 atom stereocenters. The van der Waals surface area contributed by atoms with Gasteiger partial charge < -0.3 is 15.0 Å². The molecular weight excluding hydrogens is 429 g/mol. The minimum Gasteiger partial charge on any atom is -0.444 e. The summed E-state index contributed by atoms with van der Waals surface area (Å²) >= 11 is 3.06. The molecule has 0 bridgehead atoms. The van der Waals surface area contributed by atoms with Crippen molar-refractivity contribution in [2.24, 2.45) is 5.92 Å². The van der Waals surface area contributed by atoms with E-state index < -0.39 is 23.4 Å². The van der Waals surface area contributed by atoms with Crippen molar-refractivity contribution in [3.05, 3.63) is 28.2 Å². The second-order valence-corrected chi connectivity index (χ2v) is 8.28. The van der Waals surface area contributed by atoms with Gasteiger partial charge in [-0.15, -0.1) is 0 Å². The highest BCUT2D eigenvalue weighted by molar-refractivity contribution is 9.10. The zero-order valence-electron chi connectivity index (χ0n) is 15.3. The lowest BCUT2D eigenvalue weighted by atomic mass is 9.96. The van der Waals surface area contributed by atoms with Crippen LogP contribution in [0.3, 0.4) is 0 Å². The highest BCUT2D eigenvalue weighted by Crippen LogP contribution is 2.34. The van der Waals surface area contributed by atoms with Crippen molar-refractivity contribution in [2.45, 2.75) is 45.4 Å². The molecular formula is C18H22BrF3N2O3. The Hall–Kier alpha value is -1.77. The minimum absolute atomic E-state index is 0.164. The summed E-state index contributed by atoms with van der Waals surface area (Å²) < 4.78 is 43.6. The molecule has 0 saturated carbocycles. The molecule has 0 aliphatic carbocycles. The van der Waals surface area contributed by atoms with Crippen LogP contribution in [0.5, 0.6) is 0 Å². The molecule has 1 aromatic carbocycles. The fourth-order valence-electron chi connectivity index (χ4n) is 2.68. The molecule has 2 rings (SSSR count). The second kappa shape index (κ2) is 8.08. The highest BCUT2D eigenvalue weighted by atomic mass is 79.9. The molecule has 9 heteroatoms. The van der Waals surface area contributed by atoms with Gasteiger partial charge in [0.15, 0.2) is 0 Å². The summed E-state index contributed by atoms with van der Waals surface area (Å²) in [6.07, 6.45) is -3.93. The number of nitrogens with one attached hydrogen (secondary N) is 1. The van der Waals surface area contributed by atoms with E-state index in [2.05, 4.69) is 21.2 Å². The minimum atomic E-state index is -4.44. The number of carbonyl (C=O) groups is 2. The molecule has 0 unspecified atom stereocenters. The van der Waals surface area contributed by atoms with Gasteiger partial charge in [-0.25, -0.2) is 4.79 Å². The Morgan fingerprint density at radius 3 is 2.26 bits per heavy atom. The average Bonchev–Trinajstić information content (AvgIpc) is 2.54. The van der Waals surface area contributed by atoms with E-state index in [1.165, 1.54) is 6.07 Å². The van der Waals surface area contributed by atoms with Crippen molar-refractivity contribution < 1.29 is 27.5 Å². The summed E-state index contributed by atoms with van der Waals surface area (Å²) in [4.78, 5) is 26.0. The van der Waals surface area contributed by atoms with E-state index in [0.29, 0.717) is 25.9 Å². The van der Waals surface area contributed by atoms with E-state index in [1.807, 2.05) is 0 Å². The Morgan fingerprint density at radius 1 is 1.19 bits per heavy atom. The summed E-state index contributed by atoms with van der Waals surface area (Å²) in [5.41, 5.74) is -1.10. The van der Waals surface area contributed by atoms with Crippen molar-refractivity contribution in [3.63, 3.8) is 0 Å². The third kappa shape index (κ3) is 6.12. The third-order valence-electron chi connectivity index (χ3n) is 4.07. The summed E-state index contributed by atoms with van der Waals surface area (Å²) in [7, 11) is 0. The number of amides is 2. The van der Waals surface area contributed by atoms with E-state index in [1.54, 1.807) is 25.7 Å². The topological polar surface area (TPSA) is 58.6 Å². The van der Waals surface area contributed by atoms with Gasteiger partial charge in [-0.05, 0) is 67.7 Å². The standard InChI is InChI=1S/C18H22BrF3N2O3/c1-17(2,3)27-16(26)24-8-6-11(7-9-24)15(25)23-14-5-4-12(10-13(14)19)18(20,21)22/h4-5,10-11H,6-9H2,1-3H3,(H,23,25). The van der Waals surface area contributed by atoms with Gasteiger partial charge in [0, 0.05) is 23.5 Å². The highest BCUT2D eigenvalue weighted by Gasteiger charge is 2.32. The van der Waals surface area contributed by atoms with Gasteiger partial charge in [-0.2, -0.15) is 13.2 Å². The van der Waals surface area contributed by atoms with Crippen LogP contribution in [-0.2, 0) is 15.7 Å². The lowest BCUT2D eigenvalue weighted by Gasteiger charge is -2.33. The maximum absolute atomic E-state index is 12.7. The number of ether oxygens (including phenoxy) is 1. The molecule has 1 aliphatic heterocycles. The third-order valence-corrected chi connectivity index (χ3v) is 4.73. The van der Waals surface area contributed by atoms with Crippen LogP contribution in [-0.4, -0.2) is 35.6 Å². The Bertz CT molecular complexity index is 709. The first-order chi connectivity index (χ1) is 12.4. The molecule has 1 N–H and O–H groups in total. The smallest absolute Gasteiger partial charge is 0.416 e. The van der Waals surface area contributed by atoms with E-state index in [0.717, 1.165) is 12.1 Å². The van der Waals surface area contributed by atoms with Gasteiger partial charge in [0.25, 0.3) is 0 Å². The molecule has 1 aromatic rings. The first kappa shape index (κ1) is 21.5. The number of rotatable bonds is 2. The lowest BCUT2D eigenvalue weighted by Crippen LogP contribution is -2.43. The van der Waals surface area contributed by atoms with E-state index >= 15 is 0 Å². The SMILES string of the molecule is CC(C)(C)OC(=O)N1CCC(C(=O)Nc2ccc(C(F)(F)F)cc2Br)CC1. The molecule has 2 amide bonds. The van der Waals surface area contributed by atoms with Gasteiger partial charge in [0.1, 0.15) is 5.60 Å². The average molecular weight is 451 g/mol. The van der Waals surface area contributed by atoms with Gasteiger partial charge in [0.2, 0.25) is 5.91 Å². The zero-order valence-corrected chi connectivity index (χ0v) is 16.9. The number of anilines is 1. The zero-order chi connectivity index (χ0) is 20.4. The largest absolute Gasteiger partial charge is 0.444 e. The first-order valence-electron chi connectivity index (χ1n) is 8.52. The quantitative estimate of drug-likeness (QED) is 0.685. The summed E-state index contributed by atoms with van der Waals surface area (Å²) in [6.45, 7) is 6.13. The number of nitrogens with zero attached hydrogens (tertiary/aromatic N) is 1. The van der Waals surface area contributed by atoms with Gasteiger partial charge >= 0.3 is 12.3 Å². The Morgan fingerprint density at radius 2 is 1.78 bits per heavy atom. The normalized spacial score (nSPS) is 16.2. The van der Waals surface area contributed by atoms with Crippen LogP contribution < -0.4 is 5.32 Å². The predicted molar refractivity (Wildman–Crippen MR) is 98.3 cm³/mol. The monoisotopic (exact) mass is 450 g/mol. The molecule has 27 heavy (non-hydrogen) atoms. The summed E-state index contributed by atoms with van der Waals surface area (Å²) in [5, 5.41) is 2.65. The molecule has 0 spiro atoms. The van der Waals surface area contributed by atoms with Crippen LogP contribution in [0.25, 0.3) is 0 Å². The van der Waals surface area contributed by atoms with Crippen LogP contribution in [0.15, 0.2) is 22.7 Å². The van der Waals surface area contributed by atoms with E-state index in [-0.39, 0.29) is 22.0 Å². The lowest BCUT2D eigenvalue weighted by molar-refractivity contribution is -0.137. The van der Waals surface area contributed by atoms with Crippen LogP contribution in [0.2, 0.25) is 0 Å². The molecule has 0 aromatic heterocycles. The molecule has 5 nitrogen and oxygen atoms in total. The maximum Gasteiger partial charge on any atom is 0.416 e. The Kier molecular flexibility index (Phi) is 6.44. The fourth-order valence-corrected chi connectivity index (χ4v) is 3.16. The molecule has 1 fully saturated rings. The van der Waals surface area contributed by atoms with Crippen molar-refractivity contribution in [1.82, 2.24) is 4.90 Å². The fraction of sp³-hybridized carbons (Fsp3) is 0.556. The number of hydrogen-bond donors (Lipinski definition) is 1. The molecule has 150 valence electrons. The summed E-state index contributed by atoms with van der Waals surface area (Å²) in [6, 6.07) is 3.08. The van der Waals surface area contributed by atoms with Gasteiger partial charge in [-0.3, -0.25) is 4.79 Å². The van der Waals surface area contributed by atoms with Crippen molar-refractivity contribution in [1.29, 1.82) is 0 Å². The van der Waals surface area contributed by atoms with Gasteiger partial charge in [0.05, 0.1) is 11.3 Å². The number of hydrogen-bond acceptors (Lipinski definition) is 3. The van der Waals surface area contributed by atoms with Gasteiger partial charge in [-0.1, -0.05) is 0 Å². The molecule has 1 aliphatic rings. The van der Waals surface area contributed by atoms with Crippen LogP contribution in [0, 0.1) is 5.92 Å². The Labute approximate surface area is 164 Å². The predicted octanol–water partition coefficient (Wildman–Crippen LogP) is 5.05. The van der Waals surface area contributed by atoms with Crippen LogP contribution in [0.4, 0.5) is 23.7 Å². The van der Waals surface area contributed by atoms with Crippen molar-refractivity contribution >= 4 is 33.6 Å². The second-order valence-electron chi connectivity index (χ2n) is 7.42. The number of likely N-dealkylation sites (tertiary alicyclic amines) is 1. The number of carbonyl (C=O) groups excluding carboxylic acids is 2. The van der Waals surface area contributed by atoms with Crippen molar-refractivity contribution in [2.75, 3.05) is 18.4 Å². The maximum atomic E-state index is 12.7. The van der Waals surface area contributed by atoms with E-state index in [9.17, 15) is 22.8 Å². The Balaban J connectivity index is 1.92. The van der Waals surface area contributed by atoms with Crippen LogP contribution >= 0.6 is 15.9 Å². The number of alkyl halides is 3. The first-order valence-corrected chi connectivity index (χ1v) is 9.31. The van der Waals surface area contributed by atoms with E-state index in [4.69, 9.17) is 4.74 Å². The number of halogens is 4. The number of piperidine rings is 1. The molecule has 1 heterocycles. The molecule has 1 saturated heterocycles. The van der Waals surface area contributed by atoms with Crippen LogP contribution in [0.1, 0.15) is 39.2 Å². The summed E-state index contributed by atoms with van der Waals surface area (Å²) in [5.74, 6) is -0.600. The molecule has 0 radical (unpaired) electrons.